The van der Waals surface area contributed by atoms with Gasteiger partial charge in [0.15, 0.2) is 0 Å². The van der Waals surface area contributed by atoms with Crippen molar-refractivity contribution < 1.29 is 17.9 Å². The van der Waals surface area contributed by atoms with Crippen LogP contribution in [0.15, 0.2) is 55.2 Å². The average Bonchev–Trinajstić information content (AvgIpc) is 2.59. The molecule has 0 saturated heterocycles. The summed E-state index contributed by atoms with van der Waals surface area (Å²) in [7, 11) is 0. The first kappa shape index (κ1) is 17.0. The number of alkyl halides is 3. The van der Waals surface area contributed by atoms with E-state index in [9.17, 15) is 13.2 Å². The van der Waals surface area contributed by atoms with Crippen LogP contribution in [-0.4, -0.2) is 11.3 Å². The Morgan fingerprint density at radius 2 is 1.88 bits per heavy atom. The number of benzene rings is 2. The van der Waals surface area contributed by atoms with Crippen LogP contribution in [0.2, 0.25) is 0 Å². The molecule has 3 rings (SSSR count). The Kier molecular flexibility index (Phi) is 4.49. The molecule has 2 aromatic carbocycles. The van der Waals surface area contributed by atoms with E-state index in [4.69, 9.17) is 0 Å². The molecule has 0 aliphatic heterocycles. The second-order valence-electron chi connectivity index (χ2n) is 5.53. The van der Waals surface area contributed by atoms with Gasteiger partial charge in [0.05, 0.1) is 5.52 Å². The Hall–Kier alpha value is -2.82. The highest BCUT2D eigenvalue weighted by Gasteiger charge is 2.31. The summed E-state index contributed by atoms with van der Waals surface area (Å²) in [6, 6.07) is 11.7. The molecule has 0 spiro atoms. The number of hydrogen-bond donors (Lipinski definition) is 0. The van der Waals surface area contributed by atoms with E-state index < -0.39 is 6.36 Å². The molecule has 3 aromatic rings. The highest BCUT2D eigenvalue weighted by atomic mass is 19.4. The van der Waals surface area contributed by atoms with Crippen LogP contribution in [0.3, 0.4) is 0 Å². The molecule has 0 aliphatic carbocycles. The van der Waals surface area contributed by atoms with Gasteiger partial charge in [-0.1, -0.05) is 37.8 Å². The van der Waals surface area contributed by atoms with Gasteiger partial charge in [-0.3, -0.25) is 4.98 Å². The van der Waals surface area contributed by atoms with E-state index in [1.165, 1.54) is 12.1 Å². The van der Waals surface area contributed by atoms with Crippen molar-refractivity contribution in [2.24, 2.45) is 0 Å². The average molecular weight is 343 g/mol. The molecular weight excluding hydrogens is 327 g/mol. The third-order valence-electron chi connectivity index (χ3n) is 4.00. The zero-order valence-electron chi connectivity index (χ0n) is 13.6. The van der Waals surface area contributed by atoms with Crippen molar-refractivity contribution in [2.45, 2.75) is 19.7 Å². The van der Waals surface area contributed by atoms with Crippen LogP contribution >= 0.6 is 0 Å². The fraction of sp³-hybridized carbons (Fsp3) is 0.150. The van der Waals surface area contributed by atoms with Crippen LogP contribution in [0.1, 0.15) is 18.1 Å². The van der Waals surface area contributed by atoms with Crippen molar-refractivity contribution in [1.29, 1.82) is 0 Å². The van der Waals surface area contributed by atoms with E-state index in [0.29, 0.717) is 0 Å². The monoisotopic (exact) mass is 343 g/mol. The number of ether oxygens (including phenoxy) is 1. The van der Waals surface area contributed by atoms with Crippen LogP contribution in [-0.2, 0) is 6.42 Å². The van der Waals surface area contributed by atoms with Gasteiger partial charge in [0.2, 0.25) is 0 Å². The molecule has 0 bridgehead atoms. The predicted molar refractivity (Wildman–Crippen MR) is 93.3 cm³/mol. The van der Waals surface area contributed by atoms with Crippen molar-refractivity contribution in [3.63, 3.8) is 0 Å². The summed E-state index contributed by atoms with van der Waals surface area (Å²) >= 11 is 0. The van der Waals surface area contributed by atoms with Crippen molar-refractivity contribution in [3.8, 4) is 16.9 Å². The van der Waals surface area contributed by atoms with E-state index in [1.807, 2.05) is 24.3 Å². The maximum atomic E-state index is 12.3. The van der Waals surface area contributed by atoms with Crippen LogP contribution in [0.5, 0.6) is 5.75 Å². The molecule has 0 aliphatic rings. The lowest BCUT2D eigenvalue weighted by molar-refractivity contribution is -0.274. The van der Waals surface area contributed by atoms with Gasteiger partial charge >= 0.3 is 6.36 Å². The first-order valence-electron chi connectivity index (χ1n) is 7.82. The fourth-order valence-electron chi connectivity index (χ4n) is 2.92. The molecular formula is C20H16F3NO. The molecule has 0 N–H and O–H groups in total. The Balaban J connectivity index is 2.14. The van der Waals surface area contributed by atoms with Gasteiger partial charge in [-0.2, -0.15) is 0 Å². The lowest BCUT2D eigenvalue weighted by Crippen LogP contribution is -2.16. The molecule has 1 heterocycles. The minimum absolute atomic E-state index is 0.244. The van der Waals surface area contributed by atoms with Crippen LogP contribution < -0.4 is 4.74 Å². The van der Waals surface area contributed by atoms with Crippen LogP contribution in [0.4, 0.5) is 13.2 Å². The van der Waals surface area contributed by atoms with Gasteiger partial charge in [0.25, 0.3) is 0 Å². The van der Waals surface area contributed by atoms with Gasteiger partial charge in [-0.25, -0.2) is 0 Å². The maximum absolute atomic E-state index is 12.3. The number of aromatic nitrogens is 1. The fourth-order valence-corrected chi connectivity index (χ4v) is 2.92. The second kappa shape index (κ2) is 6.59. The molecule has 0 saturated carbocycles. The number of fused-ring (bicyclic) bond motifs is 1. The third-order valence-corrected chi connectivity index (χ3v) is 4.00. The Morgan fingerprint density at radius 1 is 1.16 bits per heavy atom. The third kappa shape index (κ3) is 3.50. The zero-order chi connectivity index (χ0) is 18.0. The maximum Gasteiger partial charge on any atom is 0.573 e. The number of hydrogen-bond acceptors (Lipinski definition) is 2. The lowest BCUT2D eigenvalue weighted by Gasteiger charge is -2.14. The number of nitrogens with zero attached hydrogens (tertiary/aromatic N) is 1. The minimum atomic E-state index is -4.70. The van der Waals surface area contributed by atoms with Crippen molar-refractivity contribution in [2.75, 3.05) is 0 Å². The summed E-state index contributed by atoms with van der Waals surface area (Å²) in [5.74, 6) is -0.244. The van der Waals surface area contributed by atoms with Gasteiger partial charge in [-0.15, -0.1) is 13.2 Å². The molecule has 0 fully saturated rings. The summed E-state index contributed by atoms with van der Waals surface area (Å²) in [5.41, 5.74) is 4.59. The van der Waals surface area contributed by atoms with Gasteiger partial charge in [-0.05, 0) is 47.4 Å². The van der Waals surface area contributed by atoms with Gasteiger partial charge in [0.1, 0.15) is 5.75 Å². The molecule has 0 amide bonds. The van der Waals surface area contributed by atoms with E-state index >= 15 is 0 Å². The normalized spacial score (nSPS) is 11.5. The first-order valence-corrected chi connectivity index (χ1v) is 7.82. The molecule has 25 heavy (non-hydrogen) atoms. The van der Waals surface area contributed by atoms with Crippen LogP contribution in [0.25, 0.3) is 28.1 Å². The Bertz CT molecular complexity index is 915. The molecule has 1 aromatic heterocycles. The molecule has 2 nitrogen and oxygen atoms in total. The van der Waals surface area contributed by atoms with Gasteiger partial charge in [0, 0.05) is 17.1 Å². The zero-order valence-corrected chi connectivity index (χ0v) is 13.6. The van der Waals surface area contributed by atoms with Crippen molar-refractivity contribution in [3.05, 3.63) is 66.4 Å². The number of rotatable bonds is 4. The molecule has 5 heteroatoms. The van der Waals surface area contributed by atoms with E-state index in [1.54, 1.807) is 18.3 Å². The predicted octanol–water partition coefficient (Wildman–Crippen LogP) is 6.01. The highest BCUT2D eigenvalue weighted by Crippen LogP contribution is 2.34. The number of pyridine rings is 1. The second-order valence-corrected chi connectivity index (χ2v) is 5.53. The quantitative estimate of drug-likeness (QED) is 0.579. The highest BCUT2D eigenvalue weighted by molar-refractivity contribution is 5.99. The molecule has 128 valence electrons. The number of halogens is 3. The summed E-state index contributed by atoms with van der Waals surface area (Å²) in [6.07, 6.45) is -0.371. The van der Waals surface area contributed by atoms with E-state index in [2.05, 4.69) is 23.2 Å². The van der Waals surface area contributed by atoms with Crippen molar-refractivity contribution >= 4 is 17.0 Å². The first-order chi connectivity index (χ1) is 11.9. The Labute approximate surface area is 143 Å². The summed E-state index contributed by atoms with van der Waals surface area (Å²) in [6.45, 7) is 5.94. The molecule has 0 radical (unpaired) electrons. The molecule has 0 atom stereocenters. The standard InChI is InChI=1S/C20H16F3NO/c1-3-13-12-18(19-17(16(13)4-2)6-5-11-24-19)14-7-9-15(10-8-14)25-20(21,22)23/h4-12H,2-3H2,1H3. The van der Waals surface area contributed by atoms with E-state index in [0.717, 1.165) is 39.6 Å². The SMILES string of the molecule is C=Cc1c(CC)cc(-c2ccc(OC(F)(F)F)cc2)c2ncccc12. The minimum Gasteiger partial charge on any atom is -0.406 e. The summed E-state index contributed by atoms with van der Waals surface area (Å²) < 4.78 is 40.9. The molecule has 0 unspecified atom stereocenters. The topological polar surface area (TPSA) is 22.1 Å². The van der Waals surface area contributed by atoms with E-state index in [-0.39, 0.29) is 5.75 Å². The lowest BCUT2D eigenvalue weighted by atomic mass is 9.93. The van der Waals surface area contributed by atoms with Gasteiger partial charge < -0.3 is 4.74 Å². The summed E-state index contributed by atoms with van der Waals surface area (Å²) in [5, 5.41) is 0.975. The summed E-state index contributed by atoms with van der Waals surface area (Å²) in [4.78, 5) is 4.46. The number of aryl methyl sites for hydroxylation is 1. The Morgan fingerprint density at radius 3 is 2.48 bits per heavy atom. The smallest absolute Gasteiger partial charge is 0.406 e. The largest absolute Gasteiger partial charge is 0.573 e. The van der Waals surface area contributed by atoms with Crippen LogP contribution in [0, 0.1) is 0 Å². The van der Waals surface area contributed by atoms with Crippen molar-refractivity contribution in [1.82, 2.24) is 4.98 Å².